The van der Waals surface area contributed by atoms with Gasteiger partial charge in [-0.05, 0) is 31.8 Å². The molecule has 0 rings (SSSR count). The molecule has 0 amide bonds. The Morgan fingerprint density at radius 3 is 2.16 bits per heavy atom. The molecule has 5 heteroatoms. The molecule has 3 N–H and O–H groups in total. The highest BCUT2D eigenvalue weighted by Crippen LogP contribution is 2.16. The number of carboxylic acids is 1. The molecule has 0 aliphatic rings. The van der Waals surface area contributed by atoms with Crippen molar-refractivity contribution in [3.05, 3.63) is 12.2 Å². The van der Waals surface area contributed by atoms with Gasteiger partial charge in [0, 0.05) is 6.61 Å². The fraction of sp³-hybridized carbons (Fsp3) is 0.800. The summed E-state index contributed by atoms with van der Waals surface area (Å²) in [6.45, 7) is 2.35. The number of rotatable bonds is 17. The number of aliphatic carboxylic acids is 1. The number of hydrogen-bond acceptors (Lipinski definition) is 4. The predicted octanol–water partition coefficient (Wildman–Crippen LogP) is 3.87. The fourth-order valence-electron chi connectivity index (χ4n) is 2.81. The first kappa shape index (κ1) is 23.8. The van der Waals surface area contributed by atoms with Gasteiger partial charge in [-0.3, -0.25) is 9.59 Å². The van der Waals surface area contributed by atoms with Crippen LogP contribution in [-0.2, 0) is 9.59 Å². The Hall–Kier alpha value is -1.20. The molecule has 0 heterocycles. The zero-order valence-electron chi connectivity index (χ0n) is 15.7. The molecule has 0 bridgehead atoms. The van der Waals surface area contributed by atoms with Gasteiger partial charge in [-0.25, -0.2) is 0 Å². The maximum absolute atomic E-state index is 12.1. The molecule has 2 unspecified atom stereocenters. The van der Waals surface area contributed by atoms with Gasteiger partial charge in [0.1, 0.15) is 5.92 Å². The van der Waals surface area contributed by atoms with Gasteiger partial charge in [-0.2, -0.15) is 0 Å². The van der Waals surface area contributed by atoms with E-state index in [1.165, 1.54) is 6.08 Å². The Bertz CT molecular complexity index is 378. The molecule has 0 radical (unpaired) electrons. The van der Waals surface area contributed by atoms with E-state index in [9.17, 15) is 19.8 Å². The summed E-state index contributed by atoms with van der Waals surface area (Å²) < 4.78 is 0. The van der Waals surface area contributed by atoms with Crippen LogP contribution in [-0.4, -0.2) is 39.8 Å². The molecule has 0 saturated heterocycles. The molecular weight excluding hydrogens is 320 g/mol. The summed E-state index contributed by atoms with van der Waals surface area (Å²) in [6.07, 6.45) is 12.9. The molecule has 0 aliphatic carbocycles. The van der Waals surface area contributed by atoms with Gasteiger partial charge in [0.25, 0.3) is 0 Å². The second-order valence-corrected chi connectivity index (χ2v) is 6.67. The number of unbranched alkanes of at least 4 members (excludes halogenated alkanes) is 9. The van der Waals surface area contributed by atoms with Gasteiger partial charge in [-0.1, -0.05) is 64.4 Å². The number of aliphatic hydroxyl groups excluding tert-OH is 2. The maximum atomic E-state index is 12.1. The first-order valence-electron chi connectivity index (χ1n) is 9.76. The first-order chi connectivity index (χ1) is 12.0. The van der Waals surface area contributed by atoms with Crippen molar-refractivity contribution in [2.75, 3.05) is 6.61 Å². The Morgan fingerprint density at radius 1 is 0.920 bits per heavy atom. The molecular formula is C20H36O5. The summed E-state index contributed by atoms with van der Waals surface area (Å²) in [4.78, 5) is 23.4. The third-order valence-electron chi connectivity index (χ3n) is 4.37. The van der Waals surface area contributed by atoms with Gasteiger partial charge < -0.3 is 15.3 Å². The van der Waals surface area contributed by atoms with Gasteiger partial charge in [-0.15, -0.1) is 0 Å². The van der Waals surface area contributed by atoms with Gasteiger partial charge in [0.15, 0.2) is 5.78 Å². The van der Waals surface area contributed by atoms with Crippen LogP contribution in [0.1, 0.15) is 84.0 Å². The van der Waals surface area contributed by atoms with E-state index in [0.717, 1.165) is 70.6 Å². The van der Waals surface area contributed by atoms with Crippen LogP contribution in [0.25, 0.3) is 0 Å². The molecule has 0 aliphatic heterocycles. The van der Waals surface area contributed by atoms with Crippen molar-refractivity contribution in [1.82, 2.24) is 0 Å². The Kier molecular flexibility index (Phi) is 15.5. The highest BCUT2D eigenvalue weighted by atomic mass is 16.4. The summed E-state index contributed by atoms with van der Waals surface area (Å²) in [7, 11) is 0. The second kappa shape index (κ2) is 16.3. The maximum Gasteiger partial charge on any atom is 0.317 e. The lowest BCUT2D eigenvalue weighted by Crippen LogP contribution is -2.34. The van der Waals surface area contributed by atoms with Crippen LogP contribution in [0, 0.1) is 5.92 Å². The van der Waals surface area contributed by atoms with E-state index in [1.54, 1.807) is 6.08 Å². The van der Waals surface area contributed by atoms with Crippen LogP contribution in [0.15, 0.2) is 12.2 Å². The number of carbonyl (C=O) groups is 2. The SMILES string of the molecule is CCCCCCCC(O)C(C(=O)O)C(=O)C=CCCCCCCCO. The summed E-state index contributed by atoms with van der Waals surface area (Å²) >= 11 is 0. The lowest BCUT2D eigenvalue weighted by atomic mass is 9.92. The highest BCUT2D eigenvalue weighted by Gasteiger charge is 2.31. The fourth-order valence-corrected chi connectivity index (χ4v) is 2.81. The van der Waals surface area contributed by atoms with E-state index < -0.39 is 23.8 Å². The minimum atomic E-state index is -1.35. The van der Waals surface area contributed by atoms with Crippen molar-refractivity contribution < 1.29 is 24.9 Å². The number of ketones is 1. The van der Waals surface area contributed by atoms with Crippen LogP contribution in [0.3, 0.4) is 0 Å². The van der Waals surface area contributed by atoms with E-state index >= 15 is 0 Å². The van der Waals surface area contributed by atoms with Gasteiger partial charge in [0.05, 0.1) is 6.10 Å². The summed E-state index contributed by atoms with van der Waals surface area (Å²) in [5.74, 6) is -3.12. The lowest BCUT2D eigenvalue weighted by Gasteiger charge is -2.16. The lowest BCUT2D eigenvalue weighted by molar-refractivity contribution is -0.149. The van der Waals surface area contributed by atoms with Gasteiger partial charge >= 0.3 is 5.97 Å². The van der Waals surface area contributed by atoms with Crippen LogP contribution in [0.5, 0.6) is 0 Å². The Balaban J connectivity index is 4.13. The Labute approximate surface area is 152 Å². The molecule has 146 valence electrons. The average molecular weight is 357 g/mol. The van der Waals surface area contributed by atoms with Crippen molar-refractivity contribution in [3.8, 4) is 0 Å². The van der Waals surface area contributed by atoms with Crippen molar-refractivity contribution in [3.63, 3.8) is 0 Å². The molecule has 0 saturated carbocycles. The zero-order chi connectivity index (χ0) is 18.9. The molecule has 0 aromatic heterocycles. The highest BCUT2D eigenvalue weighted by molar-refractivity contribution is 6.04. The quantitative estimate of drug-likeness (QED) is 0.209. The third kappa shape index (κ3) is 12.8. The molecule has 0 aromatic carbocycles. The number of carboxylic acid groups (broad SMARTS) is 1. The van der Waals surface area contributed by atoms with E-state index in [2.05, 4.69) is 6.92 Å². The van der Waals surface area contributed by atoms with Crippen molar-refractivity contribution in [2.45, 2.75) is 90.1 Å². The number of carbonyl (C=O) groups excluding carboxylic acids is 1. The summed E-state index contributed by atoms with van der Waals surface area (Å²) in [5, 5.41) is 28.0. The molecule has 0 spiro atoms. The normalized spacial score (nSPS) is 13.9. The molecule has 5 nitrogen and oxygen atoms in total. The third-order valence-corrected chi connectivity index (χ3v) is 4.37. The molecule has 0 aromatic rings. The van der Waals surface area contributed by atoms with Crippen molar-refractivity contribution in [1.29, 1.82) is 0 Å². The predicted molar refractivity (Wildman–Crippen MR) is 99.4 cm³/mol. The molecule has 2 atom stereocenters. The van der Waals surface area contributed by atoms with Crippen molar-refractivity contribution >= 4 is 11.8 Å². The number of aliphatic hydroxyl groups is 2. The van der Waals surface area contributed by atoms with E-state index in [4.69, 9.17) is 5.11 Å². The first-order valence-corrected chi connectivity index (χ1v) is 9.76. The number of hydrogen-bond donors (Lipinski definition) is 3. The average Bonchev–Trinajstić information content (AvgIpc) is 2.57. The summed E-state index contributed by atoms with van der Waals surface area (Å²) in [5.41, 5.74) is 0. The van der Waals surface area contributed by atoms with Crippen molar-refractivity contribution in [2.24, 2.45) is 5.92 Å². The molecule has 0 fully saturated rings. The van der Waals surface area contributed by atoms with E-state index in [0.29, 0.717) is 6.42 Å². The van der Waals surface area contributed by atoms with Crippen LogP contribution in [0.4, 0.5) is 0 Å². The standard InChI is InChI=1S/C20H36O5/c1-2-3-4-8-11-14-17(22)19(20(24)25)18(23)15-12-9-6-5-7-10-13-16-21/h12,15,17,19,21-22H,2-11,13-14,16H2,1H3,(H,24,25). The van der Waals surface area contributed by atoms with Crippen LogP contribution < -0.4 is 0 Å². The minimum Gasteiger partial charge on any atom is -0.481 e. The number of allylic oxidation sites excluding steroid dienone is 2. The van der Waals surface area contributed by atoms with Gasteiger partial charge in [0.2, 0.25) is 0 Å². The Morgan fingerprint density at radius 2 is 1.52 bits per heavy atom. The second-order valence-electron chi connectivity index (χ2n) is 6.67. The van der Waals surface area contributed by atoms with E-state index in [-0.39, 0.29) is 6.61 Å². The smallest absolute Gasteiger partial charge is 0.317 e. The van der Waals surface area contributed by atoms with Crippen LogP contribution >= 0.6 is 0 Å². The topological polar surface area (TPSA) is 94.8 Å². The monoisotopic (exact) mass is 356 g/mol. The van der Waals surface area contributed by atoms with E-state index in [1.807, 2.05) is 0 Å². The summed E-state index contributed by atoms with van der Waals surface area (Å²) in [6, 6.07) is 0. The zero-order valence-corrected chi connectivity index (χ0v) is 15.7. The molecule has 25 heavy (non-hydrogen) atoms. The minimum absolute atomic E-state index is 0.228. The largest absolute Gasteiger partial charge is 0.481 e. The van der Waals surface area contributed by atoms with Crippen LogP contribution in [0.2, 0.25) is 0 Å².